The van der Waals surface area contributed by atoms with Gasteiger partial charge >= 0.3 is 0 Å². The lowest BCUT2D eigenvalue weighted by molar-refractivity contribution is 0.0392. The minimum atomic E-state index is -3.51. The van der Waals surface area contributed by atoms with Gasteiger partial charge in [0.2, 0.25) is 10.0 Å². The van der Waals surface area contributed by atoms with Crippen LogP contribution in [0.15, 0.2) is 15.4 Å². The first-order chi connectivity index (χ1) is 9.98. The molecular weight excluding hydrogens is 292 g/mol. The Balaban J connectivity index is 1.80. The fourth-order valence-electron chi connectivity index (χ4n) is 2.60. The third kappa shape index (κ3) is 3.15. The Morgan fingerprint density at radius 1 is 1.43 bits per heavy atom. The third-order valence-corrected chi connectivity index (χ3v) is 6.08. The molecule has 0 amide bonds. The SMILES string of the molecule is Cc1oc(CNC2CC2)cc1S(=O)(=O)N1CCOCC1C. The second kappa shape index (κ2) is 5.72. The smallest absolute Gasteiger partial charge is 0.246 e. The summed E-state index contributed by atoms with van der Waals surface area (Å²) < 4.78 is 38.0. The number of ether oxygens (including phenoxy) is 1. The van der Waals surface area contributed by atoms with Crippen molar-refractivity contribution in [2.24, 2.45) is 0 Å². The lowest BCUT2D eigenvalue weighted by Crippen LogP contribution is -2.46. The summed E-state index contributed by atoms with van der Waals surface area (Å²) in [5, 5.41) is 3.33. The van der Waals surface area contributed by atoms with Gasteiger partial charge in [0.1, 0.15) is 16.4 Å². The number of rotatable bonds is 5. The first-order valence-electron chi connectivity index (χ1n) is 7.41. The van der Waals surface area contributed by atoms with Crippen LogP contribution in [0.4, 0.5) is 0 Å². The van der Waals surface area contributed by atoms with E-state index in [0.29, 0.717) is 43.9 Å². The lowest BCUT2D eigenvalue weighted by Gasteiger charge is -2.31. The van der Waals surface area contributed by atoms with Crippen molar-refractivity contribution in [3.63, 3.8) is 0 Å². The van der Waals surface area contributed by atoms with Crippen molar-refractivity contribution in [2.45, 2.75) is 50.2 Å². The molecule has 1 saturated heterocycles. The minimum Gasteiger partial charge on any atom is -0.464 e. The number of nitrogens with zero attached hydrogens (tertiary/aromatic N) is 1. The van der Waals surface area contributed by atoms with Gasteiger partial charge in [-0.2, -0.15) is 4.31 Å². The van der Waals surface area contributed by atoms with Crippen molar-refractivity contribution in [3.05, 3.63) is 17.6 Å². The van der Waals surface area contributed by atoms with E-state index in [2.05, 4.69) is 5.32 Å². The van der Waals surface area contributed by atoms with E-state index in [9.17, 15) is 8.42 Å². The minimum absolute atomic E-state index is 0.147. The summed E-state index contributed by atoms with van der Waals surface area (Å²) in [5.74, 6) is 1.14. The third-order valence-electron chi connectivity index (χ3n) is 3.96. The van der Waals surface area contributed by atoms with E-state index in [1.165, 1.54) is 17.1 Å². The van der Waals surface area contributed by atoms with E-state index in [4.69, 9.17) is 9.15 Å². The van der Waals surface area contributed by atoms with E-state index in [1.807, 2.05) is 6.92 Å². The zero-order valence-corrected chi connectivity index (χ0v) is 13.3. The summed E-state index contributed by atoms with van der Waals surface area (Å²) in [6.07, 6.45) is 2.38. The van der Waals surface area contributed by atoms with E-state index < -0.39 is 10.0 Å². The zero-order valence-electron chi connectivity index (χ0n) is 12.5. The predicted molar refractivity (Wildman–Crippen MR) is 77.5 cm³/mol. The van der Waals surface area contributed by atoms with Crippen molar-refractivity contribution in [2.75, 3.05) is 19.8 Å². The molecule has 118 valence electrons. The Hall–Kier alpha value is -0.890. The molecule has 0 bridgehead atoms. The monoisotopic (exact) mass is 314 g/mol. The number of aryl methyl sites for hydroxylation is 1. The summed E-state index contributed by atoms with van der Waals surface area (Å²) in [5.41, 5.74) is 0. The van der Waals surface area contributed by atoms with Gasteiger partial charge in [0.15, 0.2) is 0 Å². The number of sulfonamides is 1. The highest BCUT2D eigenvalue weighted by Crippen LogP contribution is 2.27. The van der Waals surface area contributed by atoms with Gasteiger partial charge in [0.05, 0.1) is 19.8 Å². The molecule has 2 heterocycles. The molecule has 0 spiro atoms. The first-order valence-corrected chi connectivity index (χ1v) is 8.85. The molecule has 1 aromatic heterocycles. The fourth-order valence-corrected chi connectivity index (χ4v) is 4.38. The number of morpholine rings is 1. The van der Waals surface area contributed by atoms with Gasteiger partial charge in [-0.3, -0.25) is 0 Å². The largest absolute Gasteiger partial charge is 0.464 e. The predicted octanol–water partition coefficient (Wildman–Crippen LogP) is 1.25. The van der Waals surface area contributed by atoms with Crippen LogP contribution < -0.4 is 5.32 Å². The standard InChI is InChI=1S/C14H22N2O4S/c1-10-9-19-6-5-16(10)21(17,18)14-7-13(20-11(14)2)8-15-12-3-4-12/h7,10,12,15H,3-6,8-9H2,1-2H3. The van der Waals surface area contributed by atoms with Gasteiger partial charge in [-0.1, -0.05) is 0 Å². The van der Waals surface area contributed by atoms with Crippen LogP contribution in [0, 0.1) is 6.92 Å². The van der Waals surface area contributed by atoms with E-state index in [-0.39, 0.29) is 10.9 Å². The Bertz CT molecular complexity index is 606. The van der Waals surface area contributed by atoms with E-state index in [1.54, 1.807) is 13.0 Å². The molecule has 1 aliphatic carbocycles. The maximum absolute atomic E-state index is 12.8. The van der Waals surface area contributed by atoms with Crippen LogP contribution in [0.3, 0.4) is 0 Å². The summed E-state index contributed by atoms with van der Waals surface area (Å²) in [4.78, 5) is 0.281. The zero-order chi connectivity index (χ0) is 15.0. The molecule has 1 aromatic rings. The van der Waals surface area contributed by atoms with Crippen LogP contribution in [-0.2, 0) is 21.3 Å². The highest BCUT2D eigenvalue weighted by atomic mass is 32.2. The quantitative estimate of drug-likeness (QED) is 0.885. The van der Waals surface area contributed by atoms with Crippen molar-refractivity contribution in [1.29, 1.82) is 0 Å². The molecule has 1 saturated carbocycles. The molecule has 2 fully saturated rings. The van der Waals surface area contributed by atoms with E-state index >= 15 is 0 Å². The maximum atomic E-state index is 12.8. The highest BCUT2D eigenvalue weighted by Gasteiger charge is 2.34. The number of hydrogen-bond acceptors (Lipinski definition) is 5. The molecule has 1 aliphatic heterocycles. The van der Waals surface area contributed by atoms with Crippen LogP contribution >= 0.6 is 0 Å². The van der Waals surface area contributed by atoms with Crippen LogP contribution in [-0.4, -0.2) is 44.6 Å². The van der Waals surface area contributed by atoms with Crippen molar-refractivity contribution >= 4 is 10.0 Å². The number of hydrogen-bond donors (Lipinski definition) is 1. The first kappa shape index (κ1) is 15.0. The lowest BCUT2D eigenvalue weighted by atomic mass is 10.3. The number of nitrogens with one attached hydrogen (secondary N) is 1. The van der Waals surface area contributed by atoms with Gasteiger partial charge in [-0.25, -0.2) is 8.42 Å². The van der Waals surface area contributed by atoms with Crippen LogP contribution in [0.5, 0.6) is 0 Å². The average Bonchev–Trinajstić information content (AvgIpc) is 3.19. The Morgan fingerprint density at radius 3 is 2.86 bits per heavy atom. The topological polar surface area (TPSA) is 71.8 Å². The molecule has 7 heteroatoms. The molecule has 2 aliphatic rings. The van der Waals surface area contributed by atoms with E-state index in [0.717, 1.165) is 0 Å². The van der Waals surface area contributed by atoms with Gasteiger partial charge in [-0.15, -0.1) is 0 Å². The molecule has 3 rings (SSSR count). The summed E-state index contributed by atoms with van der Waals surface area (Å²) >= 11 is 0. The molecular formula is C14H22N2O4S. The molecule has 1 atom stereocenters. The Kier molecular flexibility index (Phi) is 4.09. The summed E-state index contributed by atoms with van der Waals surface area (Å²) in [7, 11) is -3.51. The summed E-state index contributed by atoms with van der Waals surface area (Å²) in [6, 6.07) is 2.07. The Morgan fingerprint density at radius 2 is 2.19 bits per heavy atom. The van der Waals surface area contributed by atoms with Crippen molar-refractivity contribution in [1.82, 2.24) is 9.62 Å². The Labute approximate surface area is 125 Å². The van der Waals surface area contributed by atoms with Gasteiger partial charge in [0.25, 0.3) is 0 Å². The van der Waals surface area contributed by atoms with Gasteiger partial charge in [0, 0.05) is 24.7 Å². The molecule has 1 N–H and O–H groups in total. The maximum Gasteiger partial charge on any atom is 0.246 e. The van der Waals surface area contributed by atoms with Crippen LogP contribution in [0.1, 0.15) is 31.3 Å². The van der Waals surface area contributed by atoms with Gasteiger partial charge in [-0.05, 0) is 26.7 Å². The van der Waals surface area contributed by atoms with Crippen molar-refractivity contribution < 1.29 is 17.6 Å². The molecule has 21 heavy (non-hydrogen) atoms. The van der Waals surface area contributed by atoms with Crippen molar-refractivity contribution in [3.8, 4) is 0 Å². The van der Waals surface area contributed by atoms with Gasteiger partial charge < -0.3 is 14.5 Å². The summed E-state index contributed by atoms with van der Waals surface area (Å²) in [6.45, 7) is 5.42. The second-order valence-electron chi connectivity index (χ2n) is 5.83. The number of furan rings is 1. The van der Waals surface area contributed by atoms with Crippen LogP contribution in [0.2, 0.25) is 0 Å². The molecule has 0 radical (unpaired) electrons. The molecule has 6 nitrogen and oxygen atoms in total. The average molecular weight is 314 g/mol. The fraction of sp³-hybridized carbons (Fsp3) is 0.714. The highest BCUT2D eigenvalue weighted by molar-refractivity contribution is 7.89. The molecule has 0 aromatic carbocycles. The van der Waals surface area contributed by atoms with Crippen LogP contribution in [0.25, 0.3) is 0 Å². The normalized spacial score (nSPS) is 24.4. The second-order valence-corrected chi connectivity index (χ2v) is 7.69. The molecule has 1 unspecified atom stereocenters.